The summed E-state index contributed by atoms with van der Waals surface area (Å²) in [5.74, 6) is -3.75. The molecule has 18 atom stereocenters. The van der Waals surface area contributed by atoms with Crippen LogP contribution >= 0.6 is 11.6 Å². The van der Waals surface area contributed by atoms with E-state index in [1.54, 1.807) is 41.5 Å². The number of likely N-dealkylation sites (N-methyl/N-ethyl adjacent to an activating group) is 2. The van der Waals surface area contributed by atoms with Crippen molar-refractivity contribution in [2.45, 2.75) is 192 Å². The monoisotopic (exact) mass is 1090 g/mol. The number of carbonyl (C=O) groups is 4. The van der Waals surface area contributed by atoms with E-state index in [-0.39, 0.29) is 49.4 Å². The van der Waals surface area contributed by atoms with Gasteiger partial charge in [0.25, 0.3) is 5.91 Å². The van der Waals surface area contributed by atoms with Crippen molar-refractivity contribution in [1.82, 2.24) is 26.0 Å². The average Bonchev–Trinajstić information content (AvgIpc) is 3.36. The molecule has 0 bridgehead atoms. The second-order valence-electron chi connectivity index (χ2n) is 22.2. The number of amides is 3. The minimum absolute atomic E-state index is 0.0533. The molecular weight excluding hydrogens is 1010 g/mol. The van der Waals surface area contributed by atoms with Crippen molar-refractivity contribution in [3.63, 3.8) is 0 Å². The molecule has 3 aliphatic rings. The first-order valence-electron chi connectivity index (χ1n) is 26.5. The summed E-state index contributed by atoms with van der Waals surface area (Å²) in [6.45, 7) is 17.9. The molecule has 2 aromatic rings. The molecule has 0 unspecified atom stereocenters. The molecule has 20 nitrogen and oxygen atoms in total. The molecule has 3 heterocycles. The SMILES string of the molecule is CC[C@H]1OC(=O)[C@H](C)[C@@H](O[C@H]2C[C@@](C)(OC)[C@@H](OC(=O)NNC(=O)c3ccc(Cl)cc3)[C@H](C)O2)[C@H](C)[C@@H](O[C@@H]2O[C@H](C)C[C@H](N(C)C)[C@H]2O)[C@](C)(O)C[C@@H](C)CN(C)[C@H](C)[C@@H](OC(=O)NCCc2ccccc2)[C@]1(C)O. The van der Waals surface area contributed by atoms with Gasteiger partial charge in [0.15, 0.2) is 24.8 Å². The molecule has 6 N–H and O–H groups in total. The number of ether oxygens (including phenoxy) is 8. The zero-order valence-electron chi connectivity index (χ0n) is 46.8. The number of benzene rings is 2. The molecule has 3 amide bonds. The summed E-state index contributed by atoms with van der Waals surface area (Å²) in [5.41, 5.74) is 0.917. The van der Waals surface area contributed by atoms with E-state index in [4.69, 9.17) is 49.5 Å². The van der Waals surface area contributed by atoms with Gasteiger partial charge in [-0.3, -0.25) is 19.9 Å². The Balaban J connectivity index is 1.50. The fraction of sp³-hybridized carbons (Fsp3) is 0.709. The van der Waals surface area contributed by atoms with Crippen molar-refractivity contribution < 1.29 is 72.4 Å². The minimum atomic E-state index is -1.95. The number of hydrogen-bond acceptors (Lipinski definition) is 17. The first-order chi connectivity index (χ1) is 35.6. The van der Waals surface area contributed by atoms with Gasteiger partial charge in [0.05, 0.1) is 35.9 Å². The Morgan fingerprint density at radius 3 is 2.13 bits per heavy atom. The molecule has 0 saturated carbocycles. The van der Waals surface area contributed by atoms with Gasteiger partial charge in [-0.2, -0.15) is 0 Å². The third-order valence-corrected chi connectivity index (χ3v) is 15.8. The third kappa shape index (κ3) is 16.0. The average molecular weight is 1090 g/mol. The summed E-state index contributed by atoms with van der Waals surface area (Å²) in [6, 6.07) is 14.7. The van der Waals surface area contributed by atoms with E-state index in [0.717, 1.165) is 5.56 Å². The summed E-state index contributed by atoms with van der Waals surface area (Å²) in [4.78, 5) is 58.4. The van der Waals surface area contributed by atoms with Crippen LogP contribution in [0.15, 0.2) is 54.6 Å². The second-order valence-corrected chi connectivity index (χ2v) is 22.6. The van der Waals surface area contributed by atoms with Crippen LogP contribution in [-0.2, 0) is 49.1 Å². The van der Waals surface area contributed by atoms with Crippen LogP contribution in [0.3, 0.4) is 0 Å². The van der Waals surface area contributed by atoms with Gasteiger partial charge < -0.3 is 63.4 Å². The van der Waals surface area contributed by atoms with Gasteiger partial charge >= 0.3 is 18.2 Å². The van der Waals surface area contributed by atoms with E-state index in [9.17, 15) is 34.5 Å². The Morgan fingerprint density at radius 2 is 1.51 bits per heavy atom. The standard InChI is InChI=1S/C55H86ClN5O15/c1-15-41-55(10,68)46(75-51(65)57-26-25-37-19-17-16-18-20-37)35(6)61(13)30-31(2)28-53(8,67)45(74-50-43(62)40(60(11)12)27-32(3)70-50)33(4)44(34(5)49(64)72-41)73-42-29-54(9,69-14)47(36(7)71-42)76-52(66)59-58-48(63)38-21-23-39(56)24-22-38/h16-24,31-36,40-47,50,62,67-68H,15,25-30H2,1-14H3,(H,57,65)(H,58,63)(H,59,66)/t31-,32-,33+,34-,35-,36+,40+,41-,42+,43-,44+,45-,46-,47+,50+,53-,54-,55-/m1/s1. The number of nitrogens with zero attached hydrogens (tertiary/aromatic N) is 2. The fourth-order valence-corrected chi connectivity index (χ4v) is 11.3. The molecule has 2 aromatic carbocycles. The van der Waals surface area contributed by atoms with Crippen molar-refractivity contribution in [1.29, 1.82) is 0 Å². The molecule has 76 heavy (non-hydrogen) atoms. The Bertz CT molecular complexity index is 2190. The van der Waals surface area contributed by atoms with Gasteiger partial charge in [0.1, 0.15) is 23.4 Å². The molecule has 0 aliphatic carbocycles. The smallest absolute Gasteiger partial charge is 0.426 e. The van der Waals surface area contributed by atoms with E-state index >= 15 is 0 Å². The first kappa shape index (κ1) is 62.7. The van der Waals surface area contributed by atoms with Crippen molar-refractivity contribution in [3.8, 4) is 0 Å². The zero-order valence-corrected chi connectivity index (χ0v) is 47.6. The molecule has 0 spiro atoms. The van der Waals surface area contributed by atoms with E-state index in [2.05, 4.69) is 16.2 Å². The number of rotatable bonds is 13. The number of esters is 1. The Labute approximate surface area is 454 Å². The van der Waals surface area contributed by atoms with E-state index in [0.29, 0.717) is 24.4 Å². The molecule has 5 rings (SSSR count). The number of aliphatic hydroxyl groups excluding tert-OH is 1. The maximum absolute atomic E-state index is 14.9. The number of carbonyl (C=O) groups excluding carboxylic acids is 4. The lowest BCUT2D eigenvalue weighted by Gasteiger charge is -2.49. The maximum atomic E-state index is 14.9. The number of hydrazine groups is 1. The Hall–Kier alpha value is -4.19. The van der Waals surface area contributed by atoms with Gasteiger partial charge in [0.2, 0.25) is 0 Å². The summed E-state index contributed by atoms with van der Waals surface area (Å²) in [7, 11) is 7.00. The highest BCUT2D eigenvalue weighted by molar-refractivity contribution is 6.30. The van der Waals surface area contributed by atoms with Crippen molar-refractivity contribution >= 4 is 35.7 Å². The summed E-state index contributed by atoms with van der Waals surface area (Å²) < 4.78 is 50.9. The van der Waals surface area contributed by atoms with E-state index in [1.165, 1.54) is 38.3 Å². The highest BCUT2D eigenvalue weighted by atomic mass is 35.5. The lowest BCUT2D eigenvalue weighted by atomic mass is 9.77. The van der Waals surface area contributed by atoms with Crippen LogP contribution < -0.4 is 16.2 Å². The van der Waals surface area contributed by atoms with Crippen LogP contribution in [-0.4, -0.2) is 181 Å². The number of hydrogen-bond donors (Lipinski definition) is 6. The minimum Gasteiger partial charge on any atom is -0.459 e. The van der Waals surface area contributed by atoms with Crippen LogP contribution in [0.5, 0.6) is 0 Å². The second kappa shape index (κ2) is 27.1. The summed E-state index contributed by atoms with van der Waals surface area (Å²) in [5, 5.41) is 40.7. The van der Waals surface area contributed by atoms with E-state index in [1.807, 2.05) is 82.0 Å². The molecule has 21 heteroatoms. The molecule has 3 fully saturated rings. The van der Waals surface area contributed by atoms with Crippen LogP contribution in [0.25, 0.3) is 0 Å². The third-order valence-electron chi connectivity index (χ3n) is 15.5. The number of nitrogens with one attached hydrogen (secondary N) is 3. The number of aliphatic hydroxyl groups is 3. The molecular formula is C55H86ClN5O15. The Kier molecular flexibility index (Phi) is 22.4. The quantitative estimate of drug-likeness (QED) is 0.0811. The predicted octanol–water partition coefficient (Wildman–Crippen LogP) is 5.61. The highest BCUT2D eigenvalue weighted by Crippen LogP contribution is 2.41. The fourth-order valence-electron chi connectivity index (χ4n) is 11.2. The number of methoxy groups -OCH3 is 1. The van der Waals surface area contributed by atoms with Gasteiger partial charge in [-0.25, -0.2) is 15.0 Å². The highest BCUT2D eigenvalue weighted by Gasteiger charge is 2.54. The number of cyclic esters (lactones) is 1. The number of alkyl carbamates (subject to hydrolysis) is 1. The van der Waals surface area contributed by atoms with Gasteiger partial charge in [-0.05, 0) is 131 Å². The van der Waals surface area contributed by atoms with Crippen molar-refractivity contribution in [3.05, 3.63) is 70.7 Å². The number of halogens is 1. The predicted molar refractivity (Wildman–Crippen MR) is 283 cm³/mol. The van der Waals surface area contributed by atoms with Crippen molar-refractivity contribution in [2.75, 3.05) is 41.3 Å². The lowest BCUT2D eigenvalue weighted by Crippen LogP contribution is -2.61. The van der Waals surface area contributed by atoms with Gasteiger partial charge in [-0.1, -0.05) is 62.7 Å². The summed E-state index contributed by atoms with van der Waals surface area (Å²) in [6.07, 6.45) is -11.1. The Morgan fingerprint density at radius 1 is 0.868 bits per heavy atom. The molecule has 0 aromatic heterocycles. The molecule has 428 valence electrons. The van der Waals surface area contributed by atoms with Crippen LogP contribution in [0.4, 0.5) is 9.59 Å². The summed E-state index contributed by atoms with van der Waals surface area (Å²) >= 11 is 5.97. The topological polar surface area (TPSA) is 245 Å². The van der Waals surface area contributed by atoms with Gasteiger partial charge in [0, 0.05) is 55.2 Å². The molecule has 0 radical (unpaired) electrons. The zero-order chi connectivity index (χ0) is 56.4. The van der Waals surface area contributed by atoms with Crippen molar-refractivity contribution in [2.24, 2.45) is 17.8 Å². The van der Waals surface area contributed by atoms with Crippen LogP contribution in [0, 0.1) is 17.8 Å². The van der Waals surface area contributed by atoms with E-state index < -0.39 is 114 Å². The molecule has 3 saturated heterocycles. The normalized spacial score (nSPS) is 37.2. The molecule has 3 aliphatic heterocycles. The van der Waals surface area contributed by atoms with Gasteiger partial charge in [-0.15, -0.1) is 0 Å². The largest absolute Gasteiger partial charge is 0.459 e. The van der Waals surface area contributed by atoms with Crippen LogP contribution in [0.1, 0.15) is 111 Å². The first-order valence-corrected chi connectivity index (χ1v) is 26.9. The maximum Gasteiger partial charge on any atom is 0.426 e. The lowest BCUT2D eigenvalue weighted by molar-refractivity contribution is -0.317. The van der Waals surface area contributed by atoms with Crippen LogP contribution in [0.2, 0.25) is 5.02 Å².